The normalized spacial score (nSPS) is 11.4. The Morgan fingerprint density at radius 3 is 2.61 bits per heavy atom. The zero-order chi connectivity index (χ0) is 17.1. The molecule has 0 radical (unpaired) electrons. The Morgan fingerprint density at radius 1 is 1.17 bits per heavy atom. The van der Waals surface area contributed by atoms with Crippen molar-refractivity contribution >= 4 is 21.6 Å². The second-order valence-electron chi connectivity index (χ2n) is 5.23. The van der Waals surface area contributed by atoms with Gasteiger partial charge < -0.3 is 10.1 Å². The lowest BCUT2D eigenvalue weighted by molar-refractivity contribution is -0.120. The molecule has 0 spiro atoms. The topological polar surface area (TPSA) is 84.5 Å². The molecule has 6 nitrogen and oxygen atoms in total. The molecule has 23 heavy (non-hydrogen) atoms. The monoisotopic (exact) mass is 342 g/mol. The summed E-state index contributed by atoms with van der Waals surface area (Å²) < 4.78 is 32.0. The molecule has 0 heterocycles. The van der Waals surface area contributed by atoms with Crippen LogP contribution in [0.2, 0.25) is 0 Å². The summed E-state index contributed by atoms with van der Waals surface area (Å²) in [4.78, 5) is 11.9. The van der Waals surface area contributed by atoms with Crippen LogP contribution in [0.25, 0.3) is 0 Å². The van der Waals surface area contributed by atoms with Gasteiger partial charge in [0.15, 0.2) is 0 Å². The highest BCUT2D eigenvalue weighted by Gasteiger charge is 2.14. The van der Waals surface area contributed by atoms with E-state index < -0.39 is 10.0 Å². The molecule has 0 aromatic heterocycles. The van der Waals surface area contributed by atoms with Gasteiger partial charge in [0.1, 0.15) is 6.61 Å². The smallest absolute Gasteiger partial charge is 0.250 e. The third-order valence-electron chi connectivity index (χ3n) is 3.13. The van der Waals surface area contributed by atoms with Gasteiger partial charge in [0.05, 0.1) is 4.90 Å². The number of carbonyl (C=O) groups excluding carboxylic acids is 1. The summed E-state index contributed by atoms with van der Waals surface area (Å²) in [5.41, 5.74) is 0.437. The van der Waals surface area contributed by atoms with E-state index >= 15 is 0 Å². The Labute approximate surface area is 138 Å². The molecule has 0 aliphatic heterocycles. The van der Waals surface area contributed by atoms with Gasteiger partial charge in [0, 0.05) is 18.8 Å². The molecule has 130 valence electrons. The maximum absolute atomic E-state index is 12.1. The van der Waals surface area contributed by atoms with Crippen molar-refractivity contribution in [3.8, 4) is 0 Å². The molecular weight excluding hydrogens is 316 g/mol. The second-order valence-corrected chi connectivity index (χ2v) is 7.00. The lowest BCUT2D eigenvalue weighted by atomic mass is 10.3. The predicted octanol–water partition coefficient (Wildman–Crippen LogP) is 2.52. The average Bonchev–Trinajstić information content (AvgIpc) is 2.52. The fraction of sp³-hybridized carbons (Fsp3) is 0.562. The Kier molecular flexibility index (Phi) is 8.83. The average molecular weight is 342 g/mol. The van der Waals surface area contributed by atoms with Gasteiger partial charge in [-0.1, -0.05) is 32.8 Å². The van der Waals surface area contributed by atoms with Crippen LogP contribution in [0, 0.1) is 0 Å². The van der Waals surface area contributed by atoms with E-state index in [9.17, 15) is 13.2 Å². The van der Waals surface area contributed by atoms with Gasteiger partial charge in [-0.05, 0) is 31.0 Å². The SMILES string of the molecule is CCCCNS(=O)(=O)c1cccc(NC(=O)COCCCC)c1. The number of sulfonamides is 1. The number of carbonyl (C=O) groups is 1. The fourth-order valence-corrected chi connectivity index (χ4v) is 2.94. The summed E-state index contributed by atoms with van der Waals surface area (Å²) in [6.07, 6.45) is 3.61. The third kappa shape index (κ3) is 7.58. The number of unbranched alkanes of at least 4 members (excludes halogenated alkanes) is 2. The Balaban J connectivity index is 2.60. The highest BCUT2D eigenvalue weighted by Crippen LogP contribution is 2.15. The van der Waals surface area contributed by atoms with Crippen LogP contribution in [0.5, 0.6) is 0 Å². The molecule has 0 atom stereocenters. The van der Waals surface area contributed by atoms with Crippen LogP contribution in [-0.4, -0.2) is 34.1 Å². The van der Waals surface area contributed by atoms with Gasteiger partial charge in [-0.2, -0.15) is 0 Å². The van der Waals surface area contributed by atoms with Crippen LogP contribution >= 0.6 is 0 Å². The van der Waals surface area contributed by atoms with Crippen molar-refractivity contribution in [3.05, 3.63) is 24.3 Å². The number of benzene rings is 1. The molecular formula is C16H26N2O4S. The van der Waals surface area contributed by atoms with Crippen molar-refractivity contribution in [2.24, 2.45) is 0 Å². The van der Waals surface area contributed by atoms with Gasteiger partial charge in [-0.25, -0.2) is 13.1 Å². The Bertz CT molecular complexity index is 587. The van der Waals surface area contributed by atoms with E-state index in [0.717, 1.165) is 25.7 Å². The van der Waals surface area contributed by atoms with Gasteiger partial charge in [-0.15, -0.1) is 0 Å². The number of nitrogens with one attached hydrogen (secondary N) is 2. The molecule has 1 rings (SSSR count). The van der Waals surface area contributed by atoms with E-state index in [2.05, 4.69) is 10.0 Å². The molecule has 0 unspecified atom stereocenters. The molecule has 0 saturated carbocycles. The van der Waals surface area contributed by atoms with Crippen LogP contribution in [0.1, 0.15) is 39.5 Å². The first-order valence-electron chi connectivity index (χ1n) is 7.97. The summed E-state index contributed by atoms with van der Waals surface area (Å²) in [5, 5.41) is 2.64. The molecule has 1 amide bonds. The van der Waals surface area contributed by atoms with E-state index in [1.807, 2.05) is 13.8 Å². The number of rotatable bonds is 11. The molecule has 7 heteroatoms. The zero-order valence-corrected chi connectivity index (χ0v) is 14.6. The standard InChI is InChI=1S/C16H26N2O4S/c1-3-5-10-17-23(20,21)15-9-7-8-14(12-15)18-16(19)13-22-11-6-4-2/h7-9,12,17H,3-6,10-11,13H2,1-2H3,(H,18,19). The summed E-state index contributed by atoms with van der Waals surface area (Å²) >= 11 is 0. The van der Waals surface area contributed by atoms with Gasteiger partial charge in [0.25, 0.3) is 0 Å². The molecule has 0 aliphatic carbocycles. The van der Waals surface area contributed by atoms with E-state index in [1.165, 1.54) is 12.1 Å². The lowest BCUT2D eigenvalue weighted by Gasteiger charge is -2.09. The van der Waals surface area contributed by atoms with Crippen molar-refractivity contribution in [1.29, 1.82) is 0 Å². The molecule has 1 aromatic rings. The summed E-state index contributed by atoms with van der Waals surface area (Å²) in [7, 11) is -3.55. The predicted molar refractivity (Wildman–Crippen MR) is 90.9 cm³/mol. The van der Waals surface area contributed by atoms with Crippen LogP contribution in [0.4, 0.5) is 5.69 Å². The van der Waals surface area contributed by atoms with Gasteiger partial charge >= 0.3 is 0 Å². The zero-order valence-electron chi connectivity index (χ0n) is 13.8. The Morgan fingerprint density at radius 2 is 1.91 bits per heavy atom. The van der Waals surface area contributed by atoms with Crippen LogP contribution in [0.15, 0.2) is 29.2 Å². The Hall–Kier alpha value is -1.44. The summed E-state index contributed by atoms with van der Waals surface area (Å²) in [6, 6.07) is 6.19. The number of hydrogen-bond donors (Lipinski definition) is 2. The van der Waals surface area contributed by atoms with Gasteiger partial charge in [0.2, 0.25) is 15.9 Å². The number of ether oxygens (including phenoxy) is 1. The molecule has 0 bridgehead atoms. The van der Waals surface area contributed by atoms with E-state index in [-0.39, 0.29) is 17.4 Å². The highest BCUT2D eigenvalue weighted by atomic mass is 32.2. The first-order valence-corrected chi connectivity index (χ1v) is 9.45. The lowest BCUT2D eigenvalue weighted by Crippen LogP contribution is -2.25. The van der Waals surface area contributed by atoms with Crippen LogP contribution in [-0.2, 0) is 19.6 Å². The van der Waals surface area contributed by atoms with Crippen LogP contribution in [0.3, 0.4) is 0 Å². The molecule has 1 aromatic carbocycles. The number of anilines is 1. The minimum absolute atomic E-state index is 0.0360. The molecule has 2 N–H and O–H groups in total. The minimum Gasteiger partial charge on any atom is -0.372 e. The quantitative estimate of drug-likeness (QED) is 0.605. The van der Waals surface area contributed by atoms with Crippen molar-refractivity contribution in [3.63, 3.8) is 0 Å². The van der Waals surface area contributed by atoms with E-state index in [1.54, 1.807) is 12.1 Å². The van der Waals surface area contributed by atoms with Crippen molar-refractivity contribution < 1.29 is 17.9 Å². The summed E-state index contributed by atoms with van der Waals surface area (Å²) in [6.45, 7) is 4.95. The maximum Gasteiger partial charge on any atom is 0.250 e. The van der Waals surface area contributed by atoms with E-state index in [0.29, 0.717) is 18.8 Å². The minimum atomic E-state index is -3.55. The number of hydrogen-bond acceptors (Lipinski definition) is 4. The molecule has 0 aliphatic rings. The molecule has 0 fully saturated rings. The van der Waals surface area contributed by atoms with Crippen molar-refractivity contribution in [1.82, 2.24) is 4.72 Å². The highest BCUT2D eigenvalue weighted by molar-refractivity contribution is 7.89. The van der Waals surface area contributed by atoms with Crippen molar-refractivity contribution in [2.45, 2.75) is 44.4 Å². The van der Waals surface area contributed by atoms with E-state index in [4.69, 9.17) is 4.74 Å². The van der Waals surface area contributed by atoms with Crippen LogP contribution < -0.4 is 10.0 Å². The number of amides is 1. The van der Waals surface area contributed by atoms with Gasteiger partial charge in [-0.3, -0.25) is 4.79 Å². The second kappa shape index (κ2) is 10.4. The fourth-order valence-electron chi connectivity index (χ4n) is 1.82. The first kappa shape index (κ1) is 19.6. The first-order chi connectivity index (χ1) is 11.0. The third-order valence-corrected chi connectivity index (χ3v) is 4.58. The largest absolute Gasteiger partial charge is 0.372 e. The maximum atomic E-state index is 12.1. The molecule has 0 saturated heterocycles. The van der Waals surface area contributed by atoms with Crippen molar-refractivity contribution in [2.75, 3.05) is 25.1 Å². The summed E-state index contributed by atoms with van der Waals surface area (Å²) in [5.74, 6) is -0.297.